The number of hydrogen-bond donors (Lipinski definition) is 3. The van der Waals surface area contributed by atoms with Crippen molar-refractivity contribution in [2.24, 2.45) is 0 Å². The highest BCUT2D eigenvalue weighted by Crippen LogP contribution is 2.19. The van der Waals surface area contributed by atoms with E-state index in [1.54, 1.807) is 13.8 Å². The number of ether oxygens (including phenoxy) is 2. The fraction of sp³-hybridized carbons (Fsp3) is 0.833. The van der Waals surface area contributed by atoms with Gasteiger partial charge in [0.1, 0.15) is 17.7 Å². The molecule has 1 aliphatic rings. The van der Waals surface area contributed by atoms with E-state index in [0.717, 1.165) is 32.1 Å². The van der Waals surface area contributed by atoms with Crippen LogP contribution in [0.5, 0.6) is 0 Å². The molecule has 0 aliphatic carbocycles. The molecule has 34 heavy (non-hydrogen) atoms. The van der Waals surface area contributed by atoms with Crippen LogP contribution in [0.15, 0.2) is 0 Å². The molecule has 0 aromatic carbocycles. The normalized spacial score (nSPS) is 17.7. The molecule has 1 fully saturated rings. The minimum Gasteiger partial charge on any atom is -0.480 e. The van der Waals surface area contributed by atoms with Crippen LogP contribution in [0.25, 0.3) is 0 Å². The fourth-order valence-corrected chi connectivity index (χ4v) is 3.93. The van der Waals surface area contributed by atoms with Crippen LogP contribution < -0.4 is 10.6 Å². The molecule has 0 aromatic rings. The lowest BCUT2D eigenvalue weighted by atomic mass is 10.0. The maximum absolute atomic E-state index is 12.8. The number of rotatable bonds is 14. The lowest BCUT2D eigenvalue weighted by molar-refractivity contribution is -0.150. The SMILES string of the molecule is CCOC(=O)[C@H](CCCCCCCNC(=O)OC(C)(C)C)N[C@@H](C)C(=O)N1CCC[C@H]1C(=O)O. The van der Waals surface area contributed by atoms with E-state index in [-0.39, 0.29) is 12.5 Å². The van der Waals surface area contributed by atoms with Crippen molar-refractivity contribution in [3.05, 3.63) is 0 Å². The second-order valence-electron chi connectivity index (χ2n) is 9.71. The standard InChI is InChI=1S/C24H43N3O7/c1-6-33-22(31)18(26-17(2)20(28)27-16-12-14-19(27)21(29)30)13-10-8-7-9-11-15-25-23(32)34-24(3,4)5/h17-19,26H,6-16H2,1-5H3,(H,25,32)(H,29,30)/t17-,18-,19-/m0/s1. The first-order valence-corrected chi connectivity index (χ1v) is 12.4. The van der Waals surface area contributed by atoms with Gasteiger partial charge >= 0.3 is 18.0 Å². The molecule has 1 aliphatic heterocycles. The van der Waals surface area contributed by atoms with Gasteiger partial charge in [-0.15, -0.1) is 0 Å². The molecule has 196 valence electrons. The van der Waals surface area contributed by atoms with E-state index in [1.165, 1.54) is 4.90 Å². The highest BCUT2D eigenvalue weighted by Gasteiger charge is 2.36. The molecule has 3 atom stereocenters. The van der Waals surface area contributed by atoms with Crippen LogP contribution in [0.3, 0.4) is 0 Å². The quantitative estimate of drug-likeness (QED) is 0.253. The lowest BCUT2D eigenvalue weighted by Gasteiger charge is -2.27. The molecular formula is C24H43N3O7. The molecule has 1 heterocycles. The zero-order valence-corrected chi connectivity index (χ0v) is 21.4. The first kappa shape index (κ1) is 29.7. The number of esters is 1. The molecule has 0 aromatic heterocycles. The van der Waals surface area contributed by atoms with Gasteiger partial charge in [0.05, 0.1) is 12.6 Å². The average molecular weight is 486 g/mol. The Kier molecular flexibility index (Phi) is 12.9. The van der Waals surface area contributed by atoms with Gasteiger partial charge in [0.25, 0.3) is 0 Å². The van der Waals surface area contributed by atoms with Gasteiger partial charge in [-0.1, -0.05) is 25.7 Å². The van der Waals surface area contributed by atoms with Crippen molar-refractivity contribution in [1.29, 1.82) is 0 Å². The van der Waals surface area contributed by atoms with Crippen molar-refractivity contribution in [2.45, 2.75) is 110 Å². The largest absolute Gasteiger partial charge is 0.480 e. The van der Waals surface area contributed by atoms with Crippen LogP contribution >= 0.6 is 0 Å². The van der Waals surface area contributed by atoms with Gasteiger partial charge in [-0.25, -0.2) is 9.59 Å². The summed E-state index contributed by atoms with van der Waals surface area (Å²) in [5.41, 5.74) is -0.512. The molecule has 10 nitrogen and oxygen atoms in total. The van der Waals surface area contributed by atoms with Crippen LogP contribution in [0.1, 0.15) is 86.0 Å². The van der Waals surface area contributed by atoms with Gasteiger partial charge < -0.3 is 24.8 Å². The highest BCUT2D eigenvalue weighted by molar-refractivity contribution is 5.88. The summed E-state index contributed by atoms with van der Waals surface area (Å²) in [6, 6.07) is -2.12. The summed E-state index contributed by atoms with van der Waals surface area (Å²) in [5.74, 6) is -1.71. The molecule has 0 spiro atoms. The van der Waals surface area contributed by atoms with Gasteiger partial charge in [0, 0.05) is 13.1 Å². The topological polar surface area (TPSA) is 134 Å². The number of aliphatic carboxylic acids is 1. The lowest BCUT2D eigenvalue weighted by Crippen LogP contribution is -2.53. The molecule has 0 saturated carbocycles. The summed E-state index contributed by atoms with van der Waals surface area (Å²) >= 11 is 0. The molecule has 0 radical (unpaired) electrons. The number of amides is 2. The molecule has 0 unspecified atom stereocenters. The summed E-state index contributed by atoms with van der Waals surface area (Å²) in [5, 5.41) is 15.1. The summed E-state index contributed by atoms with van der Waals surface area (Å²) in [6.45, 7) is 10.1. The van der Waals surface area contributed by atoms with Gasteiger partial charge in [-0.05, 0) is 60.3 Å². The predicted octanol–water partition coefficient (Wildman–Crippen LogP) is 2.84. The molecule has 0 bridgehead atoms. The Labute approximate surface area is 203 Å². The monoisotopic (exact) mass is 485 g/mol. The minimum absolute atomic E-state index is 0.247. The summed E-state index contributed by atoms with van der Waals surface area (Å²) in [6.07, 6.45) is 5.62. The Bertz CT molecular complexity index is 678. The van der Waals surface area contributed by atoms with Gasteiger partial charge in [-0.3, -0.25) is 14.9 Å². The van der Waals surface area contributed by atoms with Crippen molar-refractivity contribution >= 4 is 23.9 Å². The molecule has 2 amide bonds. The van der Waals surface area contributed by atoms with Crippen molar-refractivity contribution in [3.8, 4) is 0 Å². The molecular weight excluding hydrogens is 442 g/mol. The van der Waals surface area contributed by atoms with E-state index >= 15 is 0 Å². The number of carboxylic acid groups (broad SMARTS) is 1. The zero-order valence-electron chi connectivity index (χ0n) is 21.4. The molecule has 3 N–H and O–H groups in total. The Morgan fingerprint density at radius 3 is 2.35 bits per heavy atom. The van der Waals surface area contributed by atoms with E-state index in [2.05, 4.69) is 10.6 Å². The Hall–Kier alpha value is -2.36. The fourth-order valence-electron chi connectivity index (χ4n) is 3.93. The average Bonchev–Trinajstić information content (AvgIpc) is 3.23. The van der Waals surface area contributed by atoms with Crippen LogP contribution in [-0.4, -0.2) is 77.4 Å². The third-order valence-electron chi connectivity index (χ3n) is 5.55. The summed E-state index contributed by atoms with van der Waals surface area (Å²) < 4.78 is 10.4. The van der Waals surface area contributed by atoms with Gasteiger partial charge in [0.2, 0.25) is 5.91 Å². The van der Waals surface area contributed by atoms with Gasteiger partial charge in [-0.2, -0.15) is 0 Å². The maximum Gasteiger partial charge on any atom is 0.407 e. The number of likely N-dealkylation sites (tertiary alicyclic amines) is 1. The van der Waals surface area contributed by atoms with Crippen LogP contribution in [-0.2, 0) is 23.9 Å². The zero-order chi connectivity index (χ0) is 25.7. The Morgan fingerprint density at radius 2 is 1.74 bits per heavy atom. The van der Waals surface area contributed by atoms with E-state index in [9.17, 15) is 24.3 Å². The van der Waals surface area contributed by atoms with Crippen LogP contribution in [0.2, 0.25) is 0 Å². The third-order valence-corrected chi connectivity index (χ3v) is 5.55. The Balaban J connectivity index is 2.39. The predicted molar refractivity (Wildman–Crippen MR) is 127 cm³/mol. The number of carbonyl (C=O) groups is 4. The van der Waals surface area contributed by atoms with E-state index < -0.39 is 41.8 Å². The smallest absolute Gasteiger partial charge is 0.407 e. The van der Waals surface area contributed by atoms with Crippen LogP contribution in [0, 0.1) is 0 Å². The number of nitrogens with one attached hydrogen (secondary N) is 2. The number of carbonyl (C=O) groups excluding carboxylic acids is 3. The maximum atomic E-state index is 12.8. The van der Waals surface area contributed by atoms with Crippen molar-refractivity contribution < 1.29 is 33.8 Å². The van der Waals surface area contributed by atoms with E-state index in [4.69, 9.17) is 9.47 Å². The second-order valence-corrected chi connectivity index (χ2v) is 9.71. The number of alkyl carbamates (subject to hydrolysis) is 1. The molecule has 1 saturated heterocycles. The first-order valence-electron chi connectivity index (χ1n) is 12.4. The van der Waals surface area contributed by atoms with Crippen molar-refractivity contribution in [2.75, 3.05) is 19.7 Å². The van der Waals surface area contributed by atoms with Gasteiger partial charge in [0.15, 0.2) is 0 Å². The molecule has 10 heteroatoms. The summed E-state index contributed by atoms with van der Waals surface area (Å²) in [7, 11) is 0. The molecule has 1 rings (SSSR count). The minimum atomic E-state index is -0.999. The number of hydrogen-bond acceptors (Lipinski definition) is 7. The number of unbranched alkanes of at least 4 members (excludes halogenated alkanes) is 4. The van der Waals surface area contributed by atoms with Crippen LogP contribution in [0.4, 0.5) is 4.79 Å². The van der Waals surface area contributed by atoms with E-state index in [1.807, 2.05) is 20.8 Å². The number of carboxylic acids is 1. The Morgan fingerprint density at radius 1 is 1.09 bits per heavy atom. The number of nitrogens with zero attached hydrogens (tertiary/aromatic N) is 1. The summed E-state index contributed by atoms with van der Waals surface area (Å²) in [4.78, 5) is 49.6. The van der Waals surface area contributed by atoms with E-state index in [0.29, 0.717) is 32.4 Å². The first-order chi connectivity index (χ1) is 16.0. The second kappa shape index (κ2) is 14.8. The third kappa shape index (κ3) is 11.2. The van der Waals surface area contributed by atoms with Crippen molar-refractivity contribution in [1.82, 2.24) is 15.5 Å². The highest BCUT2D eigenvalue weighted by atomic mass is 16.6. The van der Waals surface area contributed by atoms with Crippen molar-refractivity contribution in [3.63, 3.8) is 0 Å².